The molecule has 92 valence electrons. The topological polar surface area (TPSA) is 92.9 Å². The molecule has 0 atom stereocenters. The number of anilines is 2. The summed E-state index contributed by atoms with van der Waals surface area (Å²) >= 11 is 0. The molecule has 2 aromatic heterocycles. The maximum atomic E-state index is 11.9. The number of aryl methyl sites for hydroxylation is 1. The van der Waals surface area contributed by atoms with E-state index in [1.165, 1.54) is 6.20 Å². The van der Waals surface area contributed by atoms with Crippen molar-refractivity contribution in [2.24, 2.45) is 5.84 Å². The summed E-state index contributed by atoms with van der Waals surface area (Å²) in [5.41, 5.74) is 3.88. The molecule has 6 heteroatoms. The summed E-state index contributed by atoms with van der Waals surface area (Å²) in [4.78, 5) is 19.9. The molecule has 2 rings (SSSR count). The Labute approximate surface area is 104 Å². The lowest BCUT2D eigenvalue weighted by atomic mass is 10.2. The number of amides is 1. The number of nitrogen functional groups attached to an aromatic ring is 1. The monoisotopic (exact) mass is 243 g/mol. The molecule has 0 saturated heterocycles. The molecule has 0 bridgehead atoms. The van der Waals surface area contributed by atoms with Gasteiger partial charge in [0.2, 0.25) is 0 Å². The van der Waals surface area contributed by atoms with E-state index in [9.17, 15) is 4.79 Å². The van der Waals surface area contributed by atoms with Gasteiger partial charge in [-0.3, -0.25) is 4.79 Å². The summed E-state index contributed by atoms with van der Waals surface area (Å²) in [6, 6.07) is 6.82. The minimum absolute atomic E-state index is 0.257. The van der Waals surface area contributed by atoms with Gasteiger partial charge in [0.15, 0.2) is 0 Å². The van der Waals surface area contributed by atoms with Gasteiger partial charge in [0.25, 0.3) is 5.91 Å². The first-order chi connectivity index (χ1) is 8.69. The van der Waals surface area contributed by atoms with E-state index in [-0.39, 0.29) is 5.91 Å². The summed E-state index contributed by atoms with van der Waals surface area (Å²) in [5, 5.41) is 2.70. The largest absolute Gasteiger partial charge is 0.308 e. The number of aromatic nitrogens is 2. The summed E-state index contributed by atoms with van der Waals surface area (Å²) < 4.78 is 0. The Bertz CT molecular complexity index is 570. The van der Waals surface area contributed by atoms with Gasteiger partial charge in [-0.25, -0.2) is 15.8 Å². The van der Waals surface area contributed by atoms with Crippen LogP contribution in [0, 0.1) is 6.92 Å². The fourth-order valence-electron chi connectivity index (χ4n) is 1.44. The van der Waals surface area contributed by atoms with Crippen LogP contribution in [0.2, 0.25) is 0 Å². The third-order valence-corrected chi connectivity index (χ3v) is 2.33. The molecular weight excluding hydrogens is 230 g/mol. The maximum absolute atomic E-state index is 11.9. The molecule has 0 fully saturated rings. The molecule has 0 radical (unpaired) electrons. The van der Waals surface area contributed by atoms with Gasteiger partial charge < -0.3 is 10.7 Å². The first kappa shape index (κ1) is 12.0. The first-order valence-electron chi connectivity index (χ1n) is 5.36. The van der Waals surface area contributed by atoms with Gasteiger partial charge in [-0.2, -0.15) is 0 Å². The third kappa shape index (κ3) is 2.80. The van der Waals surface area contributed by atoms with Crippen molar-refractivity contribution in [3.63, 3.8) is 0 Å². The smallest absolute Gasteiger partial charge is 0.257 e. The second-order valence-corrected chi connectivity index (χ2v) is 3.75. The molecule has 0 aliphatic carbocycles. The van der Waals surface area contributed by atoms with Crippen LogP contribution < -0.4 is 16.6 Å². The Kier molecular flexibility index (Phi) is 3.49. The van der Waals surface area contributed by atoms with Crippen molar-refractivity contribution in [1.82, 2.24) is 9.97 Å². The van der Waals surface area contributed by atoms with Gasteiger partial charge in [-0.1, -0.05) is 0 Å². The summed E-state index contributed by atoms with van der Waals surface area (Å²) in [6.07, 6.45) is 3.15. The number of hydrogen-bond donors (Lipinski definition) is 3. The van der Waals surface area contributed by atoms with Crippen LogP contribution in [0.1, 0.15) is 15.9 Å². The molecule has 18 heavy (non-hydrogen) atoms. The van der Waals surface area contributed by atoms with Crippen molar-refractivity contribution in [3.05, 3.63) is 47.8 Å². The number of hydrogen-bond acceptors (Lipinski definition) is 5. The van der Waals surface area contributed by atoms with Crippen LogP contribution in [0.15, 0.2) is 36.7 Å². The number of hydrazine groups is 1. The molecule has 0 aromatic carbocycles. The van der Waals surface area contributed by atoms with E-state index in [0.29, 0.717) is 17.2 Å². The molecule has 1 amide bonds. The Morgan fingerprint density at radius 3 is 2.61 bits per heavy atom. The zero-order chi connectivity index (χ0) is 13.0. The molecule has 6 nitrogen and oxygen atoms in total. The van der Waals surface area contributed by atoms with Crippen molar-refractivity contribution < 1.29 is 4.79 Å². The van der Waals surface area contributed by atoms with Crippen molar-refractivity contribution in [2.75, 3.05) is 10.7 Å². The Morgan fingerprint density at radius 2 is 1.89 bits per heavy atom. The normalized spacial score (nSPS) is 9.89. The summed E-state index contributed by atoms with van der Waals surface area (Å²) in [6.45, 7) is 1.93. The van der Waals surface area contributed by atoms with Crippen LogP contribution in [-0.4, -0.2) is 15.9 Å². The fourth-order valence-corrected chi connectivity index (χ4v) is 1.44. The molecular formula is C12H13N5O. The minimum Gasteiger partial charge on any atom is -0.308 e. The number of nitrogens with zero attached hydrogens (tertiary/aromatic N) is 2. The van der Waals surface area contributed by atoms with E-state index >= 15 is 0 Å². The van der Waals surface area contributed by atoms with Crippen LogP contribution >= 0.6 is 0 Å². The average molecular weight is 243 g/mol. The van der Waals surface area contributed by atoms with Gasteiger partial charge in [-0.05, 0) is 36.8 Å². The predicted octanol–water partition coefficient (Wildman–Crippen LogP) is 1.32. The zero-order valence-corrected chi connectivity index (χ0v) is 9.84. The Morgan fingerprint density at radius 1 is 1.17 bits per heavy atom. The highest BCUT2D eigenvalue weighted by Gasteiger charge is 2.07. The summed E-state index contributed by atoms with van der Waals surface area (Å²) in [7, 11) is 0. The quantitative estimate of drug-likeness (QED) is 0.558. The molecule has 0 spiro atoms. The Hall–Kier alpha value is -2.47. The fraction of sp³-hybridized carbons (Fsp3) is 0.0833. The molecule has 0 saturated carbocycles. The van der Waals surface area contributed by atoms with E-state index in [1.807, 2.05) is 13.0 Å². The molecule has 2 heterocycles. The van der Waals surface area contributed by atoms with Crippen LogP contribution in [-0.2, 0) is 0 Å². The molecule has 0 aliphatic rings. The molecule has 2 aromatic rings. The number of carbonyl (C=O) groups is 1. The van der Waals surface area contributed by atoms with Gasteiger partial charge >= 0.3 is 0 Å². The van der Waals surface area contributed by atoms with E-state index in [0.717, 1.165) is 5.56 Å². The van der Waals surface area contributed by atoms with Crippen molar-refractivity contribution in [1.29, 1.82) is 0 Å². The van der Waals surface area contributed by atoms with Crippen molar-refractivity contribution >= 4 is 17.5 Å². The third-order valence-electron chi connectivity index (χ3n) is 2.33. The van der Waals surface area contributed by atoms with E-state index < -0.39 is 0 Å². The van der Waals surface area contributed by atoms with Crippen LogP contribution in [0.25, 0.3) is 0 Å². The average Bonchev–Trinajstić information content (AvgIpc) is 2.39. The molecule has 4 N–H and O–H groups in total. The number of rotatable bonds is 3. The molecule has 0 aliphatic heterocycles. The van der Waals surface area contributed by atoms with E-state index in [2.05, 4.69) is 20.7 Å². The second-order valence-electron chi connectivity index (χ2n) is 3.75. The van der Waals surface area contributed by atoms with Gasteiger partial charge in [0.1, 0.15) is 11.6 Å². The zero-order valence-electron chi connectivity index (χ0n) is 9.84. The highest BCUT2D eigenvalue weighted by Crippen LogP contribution is 2.10. The first-order valence-corrected chi connectivity index (χ1v) is 5.36. The van der Waals surface area contributed by atoms with Crippen LogP contribution in [0.5, 0.6) is 0 Å². The summed E-state index contributed by atoms with van der Waals surface area (Å²) in [5.74, 6) is 5.92. The highest BCUT2D eigenvalue weighted by molar-refractivity contribution is 6.04. The standard InChI is InChI=1S/C12H13N5O/c1-8-2-4-14-10(6-8)16-12(18)9-3-5-15-11(7-9)17-13/h2-7H,13H2,1H3,(H,15,17)(H,14,16,18). The van der Waals surface area contributed by atoms with Gasteiger partial charge in [0.05, 0.1) is 0 Å². The van der Waals surface area contributed by atoms with Crippen LogP contribution in [0.3, 0.4) is 0 Å². The lowest BCUT2D eigenvalue weighted by Crippen LogP contribution is -2.15. The predicted molar refractivity (Wildman–Crippen MR) is 69.0 cm³/mol. The highest BCUT2D eigenvalue weighted by atomic mass is 16.1. The lowest BCUT2D eigenvalue weighted by Gasteiger charge is -2.06. The maximum Gasteiger partial charge on any atom is 0.257 e. The van der Waals surface area contributed by atoms with Crippen molar-refractivity contribution in [2.45, 2.75) is 6.92 Å². The lowest BCUT2D eigenvalue weighted by molar-refractivity contribution is 0.102. The van der Waals surface area contributed by atoms with E-state index in [4.69, 9.17) is 5.84 Å². The Balaban J connectivity index is 2.16. The number of pyridine rings is 2. The number of nitrogens with two attached hydrogens (primary N) is 1. The minimum atomic E-state index is -0.257. The van der Waals surface area contributed by atoms with Crippen LogP contribution in [0.4, 0.5) is 11.6 Å². The number of carbonyl (C=O) groups excluding carboxylic acids is 1. The SMILES string of the molecule is Cc1ccnc(NC(=O)c2ccnc(NN)c2)c1. The van der Waals surface area contributed by atoms with E-state index in [1.54, 1.807) is 24.4 Å². The van der Waals surface area contributed by atoms with Gasteiger partial charge in [-0.15, -0.1) is 0 Å². The molecule has 0 unspecified atom stereocenters. The van der Waals surface area contributed by atoms with Crippen molar-refractivity contribution in [3.8, 4) is 0 Å². The second kappa shape index (κ2) is 5.24. The van der Waals surface area contributed by atoms with Gasteiger partial charge in [0, 0.05) is 18.0 Å². The number of nitrogens with one attached hydrogen (secondary N) is 2.